The maximum absolute atomic E-state index is 5.99. The molecule has 0 amide bonds. The zero-order valence-electron chi connectivity index (χ0n) is 16.6. The molecule has 0 aliphatic carbocycles. The van der Waals surface area contributed by atoms with E-state index in [1.807, 2.05) is 37.4 Å². The molecule has 0 unspecified atom stereocenters. The van der Waals surface area contributed by atoms with Crippen molar-refractivity contribution in [2.45, 2.75) is 45.9 Å². The van der Waals surface area contributed by atoms with Crippen molar-refractivity contribution in [1.82, 2.24) is 14.9 Å². The first-order valence-corrected chi connectivity index (χ1v) is 9.94. The van der Waals surface area contributed by atoms with E-state index in [2.05, 4.69) is 35.0 Å². The highest BCUT2D eigenvalue weighted by atomic mass is 16.5. The fourth-order valence-corrected chi connectivity index (χ4v) is 3.67. The van der Waals surface area contributed by atoms with Gasteiger partial charge in [0, 0.05) is 38.0 Å². The maximum Gasteiger partial charge on any atom is 0.226 e. The van der Waals surface area contributed by atoms with Crippen LogP contribution in [0.5, 0.6) is 0 Å². The van der Waals surface area contributed by atoms with Crippen LogP contribution in [0.25, 0.3) is 11.5 Å². The lowest BCUT2D eigenvalue weighted by Gasteiger charge is -2.24. The van der Waals surface area contributed by atoms with Gasteiger partial charge in [0.25, 0.3) is 0 Å². The summed E-state index contributed by atoms with van der Waals surface area (Å²) >= 11 is 0. The molecule has 0 radical (unpaired) electrons. The molecule has 146 valence electrons. The second-order valence-electron chi connectivity index (χ2n) is 7.52. The lowest BCUT2D eigenvalue weighted by Crippen LogP contribution is -2.32. The fraction of sp³-hybridized carbons (Fsp3) is 0.391. The molecular formula is C23H27N3O2. The molecule has 1 aliphatic heterocycles. The number of pyridine rings is 1. The summed E-state index contributed by atoms with van der Waals surface area (Å²) in [5.41, 5.74) is 4.25. The number of hydrogen-bond acceptors (Lipinski definition) is 5. The average Bonchev–Trinajstić information content (AvgIpc) is 3.33. The molecule has 28 heavy (non-hydrogen) atoms. The second kappa shape index (κ2) is 8.67. The van der Waals surface area contributed by atoms with Crippen LogP contribution in [-0.2, 0) is 17.8 Å². The minimum Gasteiger partial charge on any atom is -0.441 e. The van der Waals surface area contributed by atoms with Crippen molar-refractivity contribution in [2.75, 3.05) is 13.2 Å². The summed E-state index contributed by atoms with van der Waals surface area (Å²) in [6, 6.07) is 14.3. The van der Waals surface area contributed by atoms with Crippen LogP contribution in [-0.4, -0.2) is 34.1 Å². The van der Waals surface area contributed by atoms with Gasteiger partial charge in [0.05, 0.1) is 17.5 Å². The molecule has 0 saturated carbocycles. The van der Waals surface area contributed by atoms with E-state index in [0.29, 0.717) is 5.89 Å². The third kappa shape index (κ3) is 4.66. The molecule has 4 rings (SSSR count). The summed E-state index contributed by atoms with van der Waals surface area (Å²) in [7, 11) is 0. The standard InChI is InChI=1S/C23H27N3O2/c1-17-7-5-8-19(13-17)23-25-22(18(2)28-23)16-26(15-21-10-6-12-27-21)14-20-9-3-4-11-24-20/h3-5,7-9,11,13,21H,6,10,12,14-16H2,1-2H3/t21-/m1/s1. The van der Waals surface area contributed by atoms with E-state index in [1.165, 1.54) is 5.56 Å². The highest BCUT2D eigenvalue weighted by molar-refractivity contribution is 5.54. The Bertz CT molecular complexity index is 901. The van der Waals surface area contributed by atoms with E-state index in [0.717, 1.165) is 61.8 Å². The Morgan fingerprint density at radius 2 is 2.04 bits per heavy atom. The van der Waals surface area contributed by atoms with Crippen LogP contribution in [0.2, 0.25) is 0 Å². The first kappa shape index (κ1) is 18.8. The lowest BCUT2D eigenvalue weighted by molar-refractivity contribution is 0.0669. The average molecular weight is 377 g/mol. The van der Waals surface area contributed by atoms with Crippen LogP contribution < -0.4 is 0 Å². The SMILES string of the molecule is Cc1cccc(-c2nc(CN(Cc3ccccn3)C[C@H]3CCCO3)c(C)o2)c1. The van der Waals surface area contributed by atoms with E-state index in [1.54, 1.807) is 0 Å². The fourth-order valence-electron chi connectivity index (χ4n) is 3.67. The van der Waals surface area contributed by atoms with Gasteiger partial charge in [0.1, 0.15) is 5.76 Å². The topological polar surface area (TPSA) is 51.4 Å². The first-order valence-electron chi connectivity index (χ1n) is 9.94. The molecule has 0 N–H and O–H groups in total. The van der Waals surface area contributed by atoms with E-state index < -0.39 is 0 Å². The highest BCUT2D eigenvalue weighted by Crippen LogP contribution is 2.24. The Hall–Kier alpha value is -2.50. The van der Waals surface area contributed by atoms with E-state index >= 15 is 0 Å². The van der Waals surface area contributed by atoms with Gasteiger partial charge in [-0.15, -0.1) is 0 Å². The predicted molar refractivity (Wildman–Crippen MR) is 109 cm³/mol. The van der Waals surface area contributed by atoms with Crippen molar-refractivity contribution < 1.29 is 9.15 Å². The van der Waals surface area contributed by atoms with Gasteiger partial charge >= 0.3 is 0 Å². The molecule has 0 spiro atoms. The summed E-state index contributed by atoms with van der Waals surface area (Å²) in [6.45, 7) is 7.30. The van der Waals surface area contributed by atoms with Gasteiger partial charge < -0.3 is 9.15 Å². The minimum absolute atomic E-state index is 0.284. The Balaban J connectivity index is 1.53. The summed E-state index contributed by atoms with van der Waals surface area (Å²) in [5.74, 6) is 1.56. The molecule has 2 aromatic heterocycles. The van der Waals surface area contributed by atoms with Crippen molar-refractivity contribution in [3.63, 3.8) is 0 Å². The van der Waals surface area contributed by atoms with Crippen LogP contribution in [0.15, 0.2) is 53.1 Å². The Morgan fingerprint density at radius 1 is 1.11 bits per heavy atom. The normalized spacial score (nSPS) is 16.8. The molecule has 3 aromatic rings. The summed E-state index contributed by atoms with van der Waals surface area (Å²) in [4.78, 5) is 11.7. The number of ether oxygens (including phenoxy) is 1. The summed E-state index contributed by atoms with van der Waals surface area (Å²) < 4.78 is 11.9. The van der Waals surface area contributed by atoms with Gasteiger partial charge in [0.2, 0.25) is 5.89 Å². The third-order valence-electron chi connectivity index (χ3n) is 5.13. The predicted octanol–water partition coefficient (Wildman–Crippen LogP) is 4.53. The highest BCUT2D eigenvalue weighted by Gasteiger charge is 2.22. The zero-order valence-corrected chi connectivity index (χ0v) is 16.6. The lowest BCUT2D eigenvalue weighted by atomic mass is 10.1. The smallest absolute Gasteiger partial charge is 0.226 e. The molecule has 1 fully saturated rings. The molecule has 5 heteroatoms. The first-order chi connectivity index (χ1) is 13.7. The third-order valence-corrected chi connectivity index (χ3v) is 5.13. The second-order valence-corrected chi connectivity index (χ2v) is 7.52. The number of benzene rings is 1. The van der Waals surface area contributed by atoms with E-state index in [-0.39, 0.29) is 6.10 Å². The van der Waals surface area contributed by atoms with Crippen LogP contribution in [0.4, 0.5) is 0 Å². The number of aromatic nitrogens is 2. The van der Waals surface area contributed by atoms with Crippen molar-refractivity contribution in [3.05, 3.63) is 71.4 Å². The number of oxazole rings is 1. The molecule has 1 aromatic carbocycles. The molecule has 5 nitrogen and oxygen atoms in total. The van der Waals surface area contributed by atoms with Gasteiger partial charge in [-0.25, -0.2) is 4.98 Å². The number of nitrogens with zero attached hydrogens (tertiary/aromatic N) is 3. The van der Waals surface area contributed by atoms with Gasteiger partial charge in [0.15, 0.2) is 0 Å². The minimum atomic E-state index is 0.284. The number of aryl methyl sites for hydroxylation is 2. The van der Waals surface area contributed by atoms with Crippen molar-refractivity contribution in [1.29, 1.82) is 0 Å². The molecule has 1 saturated heterocycles. The monoisotopic (exact) mass is 377 g/mol. The van der Waals surface area contributed by atoms with Crippen molar-refractivity contribution in [3.8, 4) is 11.5 Å². The van der Waals surface area contributed by atoms with E-state index in [9.17, 15) is 0 Å². The molecule has 1 atom stereocenters. The maximum atomic E-state index is 5.99. The van der Waals surface area contributed by atoms with Crippen LogP contribution in [0.3, 0.4) is 0 Å². The van der Waals surface area contributed by atoms with Crippen molar-refractivity contribution in [2.24, 2.45) is 0 Å². The van der Waals surface area contributed by atoms with Gasteiger partial charge in [-0.1, -0.05) is 23.8 Å². The quantitative estimate of drug-likeness (QED) is 0.605. The molecule has 3 heterocycles. The largest absolute Gasteiger partial charge is 0.441 e. The number of hydrogen-bond donors (Lipinski definition) is 0. The summed E-state index contributed by atoms with van der Waals surface area (Å²) in [5, 5.41) is 0. The van der Waals surface area contributed by atoms with Crippen LogP contribution >= 0.6 is 0 Å². The van der Waals surface area contributed by atoms with E-state index in [4.69, 9.17) is 14.1 Å². The van der Waals surface area contributed by atoms with Crippen LogP contribution in [0.1, 0.15) is 35.6 Å². The number of rotatable bonds is 7. The molecular weight excluding hydrogens is 350 g/mol. The van der Waals surface area contributed by atoms with Crippen molar-refractivity contribution >= 4 is 0 Å². The Morgan fingerprint density at radius 3 is 2.79 bits per heavy atom. The summed E-state index contributed by atoms with van der Waals surface area (Å²) in [6.07, 6.45) is 4.39. The van der Waals surface area contributed by atoms with Gasteiger partial charge in [-0.3, -0.25) is 9.88 Å². The van der Waals surface area contributed by atoms with Gasteiger partial charge in [-0.2, -0.15) is 0 Å². The van der Waals surface area contributed by atoms with Gasteiger partial charge in [-0.05, 0) is 51.0 Å². The molecule has 0 bridgehead atoms. The Kier molecular flexibility index (Phi) is 5.84. The Labute approximate surface area is 166 Å². The zero-order chi connectivity index (χ0) is 19.3. The molecule has 1 aliphatic rings. The van der Waals surface area contributed by atoms with Crippen LogP contribution in [0, 0.1) is 13.8 Å².